The highest BCUT2D eigenvalue weighted by molar-refractivity contribution is 5.63. The summed E-state index contributed by atoms with van der Waals surface area (Å²) in [5, 5.41) is 12.0. The van der Waals surface area contributed by atoms with Crippen LogP contribution in [0.15, 0.2) is 54.7 Å². The summed E-state index contributed by atoms with van der Waals surface area (Å²) in [4.78, 5) is 4.41. The van der Waals surface area contributed by atoms with E-state index in [9.17, 15) is 0 Å². The molecule has 2 aromatic carbocycles. The van der Waals surface area contributed by atoms with Gasteiger partial charge in [0.15, 0.2) is 0 Å². The molecule has 1 heterocycles. The predicted octanol–water partition coefficient (Wildman–Crippen LogP) is 3.92. The minimum absolute atomic E-state index is 0.829. The lowest BCUT2D eigenvalue weighted by atomic mass is 10.2. The molecule has 0 aliphatic carbocycles. The zero-order chi connectivity index (χ0) is 19.2. The summed E-state index contributed by atoms with van der Waals surface area (Å²) < 4.78 is 1.83. The summed E-state index contributed by atoms with van der Waals surface area (Å²) in [5.41, 5.74) is 5.28. The summed E-state index contributed by atoms with van der Waals surface area (Å²) in [6.45, 7) is 7.18. The van der Waals surface area contributed by atoms with Crippen molar-refractivity contribution in [3.05, 3.63) is 60.4 Å². The van der Waals surface area contributed by atoms with Crippen molar-refractivity contribution in [3.8, 4) is 5.69 Å². The number of benzene rings is 2. The van der Waals surface area contributed by atoms with Crippen molar-refractivity contribution in [1.29, 1.82) is 0 Å². The Balaban J connectivity index is 1.66. The van der Waals surface area contributed by atoms with Gasteiger partial charge in [0.2, 0.25) is 0 Å². The maximum Gasteiger partial charge on any atom is 0.0971 e. The van der Waals surface area contributed by atoms with E-state index in [0.717, 1.165) is 42.4 Å². The van der Waals surface area contributed by atoms with Crippen LogP contribution in [-0.4, -0.2) is 47.1 Å². The molecule has 0 fully saturated rings. The van der Waals surface area contributed by atoms with E-state index in [1.807, 2.05) is 37.1 Å². The van der Waals surface area contributed by atoms with Crippen molar-refractivity contribution < 1.29 is 0 Å². The molecule has 0 spiro atoms. The molecule has 0 unspecified atom stereocenters. The van der Waals surface area contributed by atoms with Gasteiger partial charge in [-0.15, -0.1) is 5.10 Å². The Morgan fingerprint density at radius 1 is 0.889 bits per heavy atom. The molecule has 6 nitrogen and oxygen atoms in total. The fourth-order valence-electron chi connectivity index (χ4n) is 2.88. The van der Waals surface area contributed by atoms with Crippen LogP contribution in [0.5, 0.6) is 0 Å². The molecule has 0 atom stereocenters. The van der Waals surface area contributed by atoms with Crippen molar-refractivity contribution in [2.75, 3.05) is 37.4 Å². The van der Waals surface area contributed by atoms with Gasteiger partial charge in [-0.2, -0.15) is 0 Å². The molecule has 0 saturated carbocycles. The fourth-order valence-corrected chi connectivity index (χ4v) is 2.88. The highest BCUT2D eigenvalue weighted by atomic mass is 15.4. The van der Waals surface area contributed by atoms with Crippen LogP contribution in [0.1, 0.15) is 19.5 Å². The molecule has 3 aromatic rings. The molecule has 3 rings (SSSR count). The Kier molecular flexibility index (Phi) is 6.08. The average molecular weight is 364 g/mol. The number of nitrogens with one attached hydrogen (secondary N) is 1. The summed E-state index contributed by atoms with van der Waals surface area (Å²) in [6.07, 6.45) is 2.00. The lowest BCUT2D eigenvalue weighted by Crippen LogP contribution is -2.22. The van der Waals surface area contributed by atoms with Crippen LogP contribution < -0.4 is 10.2 Å². The Morgan fingerprint density at radius 2 is 1.48 bits per heavy atom. The molecule has 0 saturated heterocycles. The van der Waals surface area contributed by atoms with Gasteiger partial charge in [0.25, 0.3) is 0 Å². The summed E-state index contributed by atoms with van der Waals surface area (Å²) >= 11 is 0. The number of anilines is 3. The SMILES string of the molecule is CCN(CC)Cc1cn(-c2ccc(Nc3ccc(N(C)C)cc3)cc2)nn1. The van der Waals surface area contributed by atoms with Gasteiger partial charge in [-0.3, -0.25) is 4.90 Å². The molecule has 0 aliphatic heterocycles. The first-order valence-electron chi connectivity index (χ1n) is 9.37. The maximum atomic E-state index is 4.29. The zero-order valence-corrected chi connectivity index (χ0v) is 16.6. The van der Waals surface area contributed by atoms with Gasteiger partial charge in [-0.05, 0) is 61.6 Å². The fraction of sp³-hybridized carbons (Fsp3) is 0.333. The van der Waals surface area contributed by atoms with E-state index < -0.39 is 0 Å². The molecule has 1 aromatic heterocycles. The Morgan fingerprint density at radius 3 is 2.04 bits per heavy atom. The predicted molar refractivity (Wildman–Crippen MR) is 112 cm³/mol. The second kappa shape index (κ2) is 8.68. The topological polar surface area (TPSA) is 49.2 Å². The van der Waals surface area contributed by atoms with Crippen molar-refractivity contribution in [3.63, 3.8) is 0 Å². The van der Waals surface area contributed by atoms with Crippen molar-refractivity contribution in [1.82, 2.24) is 19.9 Å². The standard InChI is InChI=1S/C21H28N6/c1-5-26(6-2)15-19-16-27(24-23-19)21-13-9-18(10-14-21)22-17-7-11-20(12-8-17)25(3)4/h7-14,16,22H,5-6,15H2,1-4H3. The Bertz CT molecular complexity index is 832. The second-order valence-electron chi connectivity index (χ2n) is 6.73. The van der Waals surface area contributed by atoms with Gasteiger partial charge >= 0.3 is 0 Å². The third-order valence-corrected chi connectivity index (χ3v) is 4.63. The first-order valence-corrected chi connectivity index (χ1v) is 9.37. The quantitative estimate of drug-likeness (QED) is 0.656. The lowest BCUT2D eigenvalue weighted by Gasteiger charge is -2.15. The van der Waals surface area contributed by atoms with E-state index in [0.29, 0.717) is 0 Å². The van der Waals surface area contributed by atoms with Crippen molar-refractivity contribution >= 4 is 17.1 Å². The molecule has 0 radical (unpaired) electrons. The van der Waals surface area contributed by atoms with Crippen LogP contribution >= 0.6 is 0 Å². The van der Waals surface area contributed by atoms with Crippen molar-refractivity contribution in [2.24, 2.45) is 0 Å². The van der Waals surface area contributed by atoms with Gasteiger partial charge < -0.3 is 10.2 Å². The molecule has 27 heavy (non-hydrogen) atoms. The molecular weight excluding hydrogens is 336 g/mol. The first kappa shape index (κ1) is 18.9. The Hall–Kier alpha value is -2.86. The van der Waals surface area contributed by atoms with Crippen LogP contribution in [0.25, 0.3) is 5.69 Å². The van der Waals surface area contributed by atoms with E-state index in [1.165, 1.54) is 5.69 Å². The molecular formula is C21H28N6. The smallest absolute Gasteiger partial charge is 0.0971 e. The third kappa shape index (κ3) is 4.86. The van der Waals surface area contributed by atoms with Crippen LogP contribution in [-0.2, 0) is 6.54 Å². The summed E-state index contributed by atoms with van der Waals surface area (Å²) in [6, 6.07) is 16.6. The zero-order valence-electron chi connectivity index (χ0n) is 16.6. The number of nitrogens with zero attached hydrogens (tertiary/aromatic N) is 5. The van der Waals surface area contributed by atoms with Gasteiger partial charge in [-0.1, -0.05) is 19.1 Å². The second-order valence-corrected chi connectivity index (χ2v) is 6.73. The lowest BCUT2D eigenvalue weighted by molar-refractivity contribution is 0.292. The number of rotatable bonds is 8. The molecule has 0 aliphatic rings. The van der Waals surface area contributed by atoms with Crippen LogP contribution in [0.4, 0.5) is 17.1 Å². The minimum atomic E-state index is 0.829. The maximum absolute atomic E-state index is 4.29. The van der Waals surface area contributed by atoms with Crippen molar-refractivity contribution in [2.45, 2.75) is 20.4 Å². The van der Waals surface area contributed by atoms with Gasteiger partial charge in [-0.25, -0.2) is 4.68 Å². The monoisotopic (exact) mass is 364 g/mol. The van der Waals surface area contributed by atoms with Crippen LogP contribution in [0, 0.1) is 0 Å². The number of hydrogen-bond acceptors (Lipinski definition) is 5. The third-order valence-electron chi connectivity index (χ3n) is 4.63. The molecule has 0 amide bonds. The van der Waals surface area contributed by atoms with E-state index in [2.05, 4.69) is 75.7 Å². The molecule has 6 heteroatoms. The Labute approximate surface area is 161 Å². The molecule has 0 bridgehead atoms. The molecule has 142 valence electrons. The van der Waals surface area contributed by atoms with E-state index in [1.54, 1.807) is 0 Å². The summed E-state index contributed by atoms with van der Waals surface area (Å²) in [5.74, 6) is 0. The average Bonchev–Trinajstić information content (AvgIpc) is 3.15. The van der Waals surface area contributed by atoms with Gasteiger partial charge in [0, 0.05) is 37.7 Å². The van der Waals surface area contributed by atoms with E-state index in [-0.39, 0.29) is 0 Å². The largest absolute Gasteiger partial charge is 0.378 e. The summed E-state index contributed by atoms with van der Waals surface area (Å²) in [7, 11) is 4.08. The first-order chi connectivity index (χ1) is 13.1. The molecule has 1 N–H and O–H groups in total. The van der Waals surface area contributed by atoms with E-state index in [4.69, 9.17) is 0 Å². The normalized spacial score (nSPS) is 11.0. The number of aromatic nitrogens is 3. The highest BCUT2D eigenvalue weighted by Crippen LogP contribution is 2.21. The van der Waals surface area contributed by atoms with Gasteiger partial charge in [0.05, 0.1) is 17.6 Å². The van der Waals surface area contributed by atoms with Crippen LogP contribution in [0.2, 0.25) is 0 Å². The minimum Gasteiger partial charge on any atom is -0.378 e. The highest BCUT2D eigenvalue weighted by Gasteiger charge is 2.07. The van der Waals surface area contributed by atoms with E-state index >= 15 is 0 Å². The van der Waals surface area contributed by atoms with Crippen LogP contribution in [0.3, 0.4) is 0 Å². The van der Waals surface area contributed by atoms with Gasteiger partial charge in [0.1, 0.15) is 0 Å². The number of hydrogen-bond donors (Lipinski definition) is 1.